The Morgan fingerprint density at radius 1 is 0.826 bits per heavy atom. The lowest BCUT2D eigenvalue weighted by molar-refractivity contribution is 0.189. The summed E-state index contributed by atoms with van der Waals surface area (Å²) in [6.07, 6.45) is 14.7. The van der Waals surface area contributed by atoms with E-state index in [0.29, 0.717) is 5.41 Å². The van der Waals surface area contributed by atoms with E-state index in [1.165, 1.54) is 64.2 Å². The van der Waals surface area contributed by atoms with Crippen LogP contribution in [0.5, 0.6) is 0 Å². The van der Waals surface area contributed by atoms with E-state index < -0.39 is 0 Å². The molecule has 0 heterocycles. The van der Waals surface area contributed by atoms with Gasteiger partial charge in [0, 0.05) is 0 Å². The Kier molecular flexibility index (Phi) is 7.05. The van der Waals surface area contributed by atoms with E-state index in [4.69, 9.17) is 0 Å². The first-order chi connectivity index (χ1) is 10.9. The summed E-state index contributed by atoms with van der Waals surface area (Å²) in [7, 11) is 0. The summed E-state index contributed by atoms with van der Waals surface area (Å²) in [5.41, 5.74) is 0.615. The normalized spacial score (nSPS) is 46.2. The van der Waals surface area contributed by atoms with E-state index in [2.05, 4.69) is 41.5 Å². The molecule has 0 heteroatoms. The molecule has 0 radical (unpaired) electrons. The molecule has 23 heavy (non-hydrogen) atoms. The SMILES string of the molecule is CCCC1CCC(C)[C@H]2C[C@@](C)(CC)[C@H](C)[C@H]2CCCC[C@@H]1C. The molecule has 0 bridgehead atoms. The van der Waals surface area contributed by atoms with Gasteiger partial charge in [-0.15, -0.1) is 0 Å². The second-order valence-electron chi connectivity index (χ2n) is 9.69. The van der Waals surface area contributed by atoms with Crippen LogP contribution < -0.4 is 0 Å². The maximum Gasteiger partial charge on any atom is -0.0297 e. The van der Waals surface area contributed by atoms with E-state index in [1.54, 1.807) is 0 Å². The van der Waals surface area contributed by atoms with Gasteiger partial charge in [-0.3, -0.25) is 0 Å². The van der Waals surface area contributed by atoms with Crippen LogP contribution in [0, 0.1) is 40.9 Å². The second-order valence-corrected chi connectivity index (χ2v) is 9.69. The van der Waals surface area contributed by atoms with E-state index in [1.807, 2.05) is 0 Å². The predicted molar refractivity (Wildman–Crippen MR) is 104 cm³/mol. The van der Waals surface area contributed by atoms with Crippen LogP contribution in [0.1, 0.15) is 106 Å². The molecule has 0 aromatic heterocycles. The molecule has 0 aliphatic heterocycles. The average Bonchev–Trinajstić information content (AvgIpc) is 2.78. The largest absolute Gasteiger partial charge is 0.0654 e. The highest BCUT2D eigenvalue weighted by atomic mass is 14.5. The maximum absolute atomic E-state index is 2.59. The Labute approximate surface area is 147 Å². The monoisotopic (exact) mass is 320 g/mol. The van der Waals surface area contributed by atoms with Crippen molar-refractivity contribution in [1.82, 2.24) is 0 Å². The minimum atomic E-state index is 0.615. The van der Waals surface area contributed by atoms with Crippen molar-refractivity contribution >= 4 is 0 Å². The fourth-order valence-electron chi connectivity index (χ4n) is 6.17. The van der Waals surface area contributed by atoms with Crippen LogP contribution in [0.4, 0.5) is 0 Å². The van der Waals surface area contributed by atoms with Crippen molar-refractivity contribution in [2.24, 2.45) is 40.9 Å². The van der Waals surface area contributed by atoms with Gasteiger partial charge in [-0.05, 0) is 60.2 Å². The molecule has 0 N–H and O–H groups in total. The molecule has 2 rings (SSSR count). The molecule has 2 fully saturated rings. The van der Waals surface area contributed by atoms with Crippen molar-refractivity contribution in [1.29, 1.82) is 0 Å². The van der Waals surface area contributed by atoms with Gasteiger partial charge in [0.1, 0.15) is 0 Å². The van der Waals surface area contributed by atoms with Crippen molar-refractivity contribution in [2.75, 3.05) is 0 Å². The highest BCUT2D eigenvalue weighted by Gasteiger charge is 2.48. The average molecular weight is 321 g/mol. The maximum atomic E-state index is 2.59. The van der Waals surface area contributed by atoms with E-state index in [-0.39, 0.29) is 0 Å². The standard InChI is InChI=1S/C23H44/c1-7-11-20-15-14-18(4)22-16-23(6,8-2)19(5)21(22)13-10-9-12-17(20)3/h17-22H,7-16H2,1-6H3/t17-,18?,19+,20?,21+,22+,23+/m0/s1. The molecule has 2 unspecified atom stereocenters. The fraction of sp³-hybridized carbons (Fsp3) is 1.00. The van der Waals surface area contributed by atoms with Gasteiger partial charge in [-0.25, -0.2) is 0 Å². The Morgan fingerprint density at radius 3 is 2.17 bits per heavy atom. The number of hydrogen-bond donors (Lipinski definition) is 0. The Hall–Kier alpha value is 0. The molecule has 0 saturated heterocycles. The van der Waals surface area contributed by atoms with E-state index in [0.717, 1.165) is 35.5 Å². The lowest BCUT2D eigenvalue weighted by Crippen LogP contribution is -2.23. The van der Waals surface area contributed by atoms with Gasteiger partial charge in [0.05, 0.1) is 0 Å². The Bertz CT molecular complexity index is 346. The minimum absolute atomic E-state index is 0.615. The smallest absolute Gasteiger partial charge is 0.0297 e. The van der Waals surface area contributed by atoms with Gasteiger partial charge in [0.2, 0.25) is 0 Å². The zero-order chi connectivity index (χ0) is 17.0. The van der Waals surface area contributed by atoms with Gasteiger partial charge in [-0.1, -0.05) is 86.5 Å². The third-order valence-corrected chi connectivity index (χ3v) is 8.44. The minimum Gasteiger partial charge on any atom is -0.0654 e. The van der Waals surface area contributed by atoms with E-state index >= 15 is 0 Å². The van der Waals surface area contributed by atoms with Gasteiger partial charge >= 0.3 is 0 Å². The van der Waals surface area contributed by atoms with Crippen LogP contribution >= 0.6 is 0 Å². The predicted octanol–water partition coefficient (Wildman–Crippen LogP) is 7.72. The molecule has 7 atom stereocenters. The summed E-state index contributed by atoms with van der Waals surface area (Å²) < 4.78 is 0. The summed E-state index contributed by atoms with van der Waals surface area (Å²) in [5.74, 6) is 5.84. The second kappa shape index (κ2) is 8.39. The summed E-state index contributed by atoms with van der Waals surface area (Å²) in [6, 6.07) is 0. The number of hydrogen-bond acceptors (Lipinski definition) is 0. The van der Waals surface area contributed by atoms with Gasteiger partial charge in [0.15, 0.2) is 0 Å². The molecule has 0 aromatic carbocycles. The van der Waals surface area contributed by atoms with Crippen LogP contribution in [-0.4, -0.2) is 0 Å². The Balaban J connectivity index is 2.11. The van der Waals surface area contributed by atoms with Crippen LogP contribution in [0.25, 0.3) is 0 Å². The quantitative estimate of drug-likeness (QED) is 0.499. The number of fused-ring (bicyclic) bond motifs is 1. The summed E-state index contributed by atoms with van der Waals surface area (Å²) in [5, 5.41) is 0. The van der Waals surface area contributed by atoms with Gasteiger partial charge in [-0.2, -0.15) is 0 Å². The molecule has 2 saturated carbocycles. The first kappa shape index (κ1) is 19.3. The molecular formula is C23H44. The zero-order valence-corrected chi connectivity index (χ0v) is 17.0. The van der Waals surface area contributed by atoms with Gasteiger partial charge < -0.3 is 0 Å². The molecule has 2 aliphatic rings. The molecule has 0 spiro atoms. The molecule has 0 amide bonds. The van der Waals surface area contributed by atoms with Crippen molar-refractivity contribution in [3.8, 4) is 0 Å². The fourth-order valence-corrected chi connectivity index (χ4v) is 6.17. The van der Waals surface area contributed by atoms with Crippen LogP contribution in [0.3, 0.4) is 0 Å². The molecular weight excluding hydrogens is 276 g/mol. The van der Waals surface area contributed by atoms with Crippen molar-refractivity contribution in [3.63, 3.8) is 0 Å². The lowest BCUT2D eigenvalue weighted by Gasteiger charge is -2.30. The zero-order valence-electron chi connectivity index (χ0n) is 17.0. The third kappa shape index (κ3) is 4.35. The number of rotatable bonds is 3. The van der Waals surface area contributed by atoms with Crippen molar-refractivity contribution in [3.05, 3.63) is 0 Å². The first-order valence-corrected chi connectivity index (χ1v) is 10.9. The first-order valence-electron chi connectivity index (χ1n) is 10.9. The molecule has 136 valence electrons. The third-order valence-electron chi connectivity index (χ3n) is 8.44. The Morgan fingerprint density at radius 2 is 1.52 bits per heavy atom. The highest BCUT2D eigenvalue weighted by molar-refractivity contribution is 4.97. The summed E-state index contributed by atoms with van der Waals surface area (Å²) in [4.78, 5) is 0. The van der Waals surface area contributed by atoms with Crippen LogP contribution in [0.2, 0.25) is 0 Å². The van der Waals surface area contributed by atoms with Gasteiger partial charge in [0.25, 0.3) is 0 Å². The van der Waals surface area contributed by atoms with E-state index in [9.17, 15) is 0 Å². The van der Waals surface area contributed by atoms with Crippen LogP contribution in [0.15, 0.2) is 0 Å². The molecule has 0 nitrogen and oxygen atoms in total. The van der Waals surface area contributed by atoms with Crippen molar-refractivity contribution in [2.45, 2.75) is 106 Å². The summed E-state index contributed by atoms with van der Waals surface area (Å²) >= 11 is 0. The lowest BCUT2D eigenvalue weighted by atomic mass is 9.75. The molecule has 0 aromatic rings. The summed E-state index contributed by atoms with van der Waals surface area (Å²) in [6.45, 7) is 15.1. The molecule has 2 aliphatic carbocycles. The topological polar surface area (TPSA) is 0 Å². The van der Waals surface area contributed by atoms with Crippen LogP contribution in [-0.2, 0) is 0 Å². The highest BCUT2D eigenvalue weighted by Crippen LogP contribution is 2.56. The van der Waals surface area contributed by atoms with Crippen molar-refractivity contribution < 1.29 is 0 Å².